The highest BCUT2D eigenvalue weighted by molar-refractivity contribution is 7.89. The summed E-state index contributed by atoms with van der Waals surface area (Å²) in [6.07, 6.45) is 1.43. The first-order valence-electron chi connectivity index (χ1n) is 4.49. The Balaban J connectivity index is 2.51. The smallest absolute Gasteiger partial charge is 0.313 e. The number of hydroxylamine groups is 1. The second kappa shape index (κ2) is 3.85. The van der Waals surface area contributed by atoms with E-state index < -0.39 is 26.2 Å². The van der Waals surface area contributed by atoms with Crippen LogP contribution in [0.15, 0.2) is 20.7 Å². The van der Waals surface area contributed by atoms with Gasteiger partial charge in [0.15, 0.2) is 4.90 Å². The lowest BCUT2D eigenvalue weighted by Gasteiger charge is -2.12. The van der Waals surface area contributed by atoms with Crippen LogP contribution in [0.4, 0.5) is 0 Å². The number of hydrogen-bond donors (Lipinski definition) is 2. The molecule has 0 aromatic carbocycles. The van der Waals surface area contributed by atoms with Gasteiger partial charge < -0.3 is 4.98 Å². The van der Waals surface area contributed by atoms with Crippen molar-refractivity contribution < 1.29 is 13.3 Å². The molecule has 0 spiro atoms. The highest BCUT2D eigenvalue weighted by Gasteiger charge is 2.31. The fourth-order valence-electron chi connectivity index (χ4n) is 1.31. The Morgan fingerprint density at radius 2 is 2.12 bits per heavy atom. The second-order valence-electron chi connectivity index (χ2n) is 3.15. The van der Waals surface area contributed by atoms with Gasteiger partial charge in [-0.05, 0) is 6.42 Å². The maximum atomic E-state index is 11.8. The minimum atomic E-state index is -3.99. The molecule has 16 heavy (non-hydrogen) atoms. The van der Waals surface area contributed by atoms with Crippen molar-refractivity contribution in [3.63, 3.8) is 0 Å². The van der Waals surface area contributed by atoms with E-state index in [2.05, 4.69) is 4.98 Å². The number of aromatic amines is 2. The van der Waals surface area contributed by atoms with Crippen molar-refractivity contribution in [2.75, 3.05) is 13.2 Å². The van der Waals surface area contributed by atoms with E-state index in [0.29, 0.717) is 13.0 Å². The zero-order valence-electron chi connectivity index (χ0n) is 8.10. The van der Waals surface area contributed by atoms with Crippen LogP contribution in [0.25, 0.3) is 0 Å². The maximum Gasteiger partial charge on any atom is 0.325 e. The third-order valence-corrected chi connectivity index (χ3v) is 3.73. The first kappa shape index (κ1) is 11.0. The van der Waals surface area contributed by atoms with Gasteiger partial charge in [-0.15, -0.1) is 0 Å². The quantitative estimate of drug-likeness (QED) is 0.652. The highest BCUT2D eigenvalue weighted by Crippen LogP contribution is 2.15. The largest absolute Gasteiger partial charge is 0.325 e. The van der Waals surface area contributed by atoms with Crippen molar-refractivity contribution in [3.05, 3.63) is 27.0 Å². The van der Waals surface area contributed by atoms with E-state index in [0.717, 1.165) is 10.7 Å². The van der Waals surface area contributed by atoms with E-state index in [1.165, 1.54) is 0 Å². The molecule has 0 amide bonds. The predicted octanol–water partition coefficient (Wildman–Crippen LogP) is -1.61. The van der Waals surface area contributed by atoms with E-state index in [9.17, 15) is 18.0 Å². The van der Waals surface area contributed by atoms with Crippen LogP contribution in [0.3, 0.4) is 0 Å². The normalized spacial score (nSPS) is 17.8. The van der Waals surface area contributed by atoms with Crippen molar-refractivity contribution in [3.8, 4) is 0 Å². The molecule has 1 aliphatic heterocycles. The Hall–Kier alpha value is -1.45. The summed E-state index contributed by atoms with van der Waals surface area (Å²) in [6.45, 7) is 0.487. The molecule has 0 aliphatic carbocycles. The monoisotopic (exact) mass is 247 g/mol. The Morgan fingerprint density at radius 1 is 1.38 bits per heavy atom. The fourth-order valence-corrected chi connectivity index (χ4v) is 2.61. The lowest BCUT2D eigenvalue weighted by Crippen LogP contribution is -2.34. The molecule has 2 rings (SSSR count). The molecule has 1 saturated heterocycles. The molecule has 1 fully saturated rings. The van der Waals surface area contributed by atoms with Gasteiger partial charge in [0.2, 0.25) is 0 Å². The average molecular weight is 247 g/mol. The molecule has 0 radical (unpaired) electrons. The summed E-state index contributed by atoms with van der Waals surface area (Å²) in [5, 5.41) is 0. The van der Waals surface area contributed by atoms with E-state index in [1.54, 1.807) is 0 Å². The van der Waals surface area contributed by atoms with Gasteiger partial charge in [-0.3, -0.25) is 14.6 Å². The van der Waals surface area contributed by atoms with Crippen LogP contribution in [-0.2, 0) is 14.9 Å². The summed E-state index contributed by atoms with van der Waals surface area (Å²) in [5.74, 6) is 0. The van der Waals surface area contributed by atoms with Crippen LogP contribution in [-0.4, -0.2) is 36.0 Å². The molecular weight excluding hydrogens is 238 g/mol. The number of nitrogens with one attached hydrogen (secondary N) is 2. The zero-order chi connectivity index (χ0) is 11.8. The van der Waals surface area contributed by atoms with Crippen molar-refractivity contribution in [2.45, 2.75) is 11.3 Å². The molecule has 2 heterocycles. The van der Waals surface area contributed by atoms with Crippen LogP contribution < -0.4 is 11.2 Å². The molecule has 0 atom stereocenters. The van der Waals surface area contributed by atoms with Crippen LogP contribution in [0.5, 0.6) is 0 Å². The van der Waals surface area contributed by atoms with Gasteiger partial charge in [-0.25, -0.2) is 13.2 Å². The number of sulfonamides is 1. The van der Waals surface area contributed by atoms with Crippen LogP contribution in [0, 0.1) is 0 Å². The summed E-state index contributed by atoms with van der Waals surface area (Å²) in [7, 11) is -3.99. The maximum absolute atomic E-state index is 11.8. The third kappa shape index (κ3) is 1.79. The molecule has 88 valence electrons. The molecule has 0 saturated carbocycles. The lowest BCUT2D eigenvalue weighted by atomic mass is 10.5. The number of H-pyrrole nitrogens is 2. The first-order chi connectivity index (χ1) is 7.51. The standard InChI is InChI=1S/C7H9N3O5S/c11-6-5(4-8-7(12)9-6)16(13,14)10-2-1-3-15-10/h4H,1-3H2,(H2,8,9,11,12). The van der Waals surface area contributed by atoms with Gasteiger partial charge >= 0.3 is 5.69 Å². The summed E-state index contributed by atoms with van der Waals surface area (Å²) in [4.78, 5) is 30.3. The minimum Gasteiger partial charge on any atom is -0.313 e. The van der Waals surface area contributed by atoms with Gasteiger partial charge in [0, 0.05) is 12.7 Å². The fraction of sp³-hybridized carbons (Fsp3) is 0.429. The van der Waals surface area contributed by atoms with Crippen molar-refractivity contribution in [1.82, 2.24) is 14.4 Å². The third-order valence-electron chi connectivity index (χ3n) is 2.05. The zero-order valence-corrected chi connectivity index (χ0v) is 8.91. The molecule has 1 aromatic rings. The van der Waals surface area contributed by atoms with Gasteiger partial charge in [0.05, 0.1) is 6.61 Å². The van der Waals surface area contributed by atoms with Crippen LogP contribution in [0.2, 0.25) is 0 Å². The average Bonchev–Trinajstić information content (AvgIpc) is 2.69. The first-order valence-corrected chi connectivity index (χ1v) is 5.93. The summed E-state index contributed by atoms with van der Waals surface area (Å²) < 4.78 is 24.4. The topological polar surface area (TPSA) is 112 Å². The summed E-state index contributed by atoms with van der Waals surface area (Å²) >= 11 is 0. The summed E-state index contributed by atoms with van der Waals surface area (Å²) in [5.41, 5.74) is -1.72. The van der Waals surface area contributed by atoms with Crippen molar-refractivity contribution in [2.24, 2.45) is 0 Å². The Labute approximate surface area is 89.9 Å². The molecule has 8 nitrogen and oxygen atoms in total. The van der Waals surface area contributed by atoms with E-state index >= 15 is 0 Å². The van der Waals surface area contributed by atoms with Crippen LogP contribution in [0.1, 0.15) is 6.42 Å². The predicted molar refractivity (Wildman–Crippen MR) is 52.1 cm³/mol. The van der Waals surface area contributed by atoms with Crippen molar-refractivity contribution in [1.29, 1.82) is 0 Å². The summed E-state index contributed by atoms with van der Waals surface area (Å²) in [6, 6.07) is 0. The number of nitrogens with zero attached hydrogens (tertiary/aromatic N) is 1. The number of hydrogen-bond acceptors (Lipinski definition) is 5. The van der Waals surface area contributed by atoms with Crippen LogP contribution >= 0.6 is 0 Å². The molecule has 1 aliphatic rings. The number of rotatable bonds is 2. The Kier molecular flexibility index (Phi) is 2.66. The molecule has 9 heteroatoms. The Morgan fingerprint density at radius 3 is 2.69 bits per heavy atom. The molecule has 1 aromatic heterocycles. The van der Waals surface area contributed by atoms with E-state index in [-0.39, 0.29) is 6.54 Å². The van der Waals surface area contributed by atoms with Gasteiger partial charge in [-0.1, -0.05) is 4.47 Å². The molecule has 0 unspecified atom stereocenters. The second-order valence-corrected chi connectivity index (χ2v) is 4.95. The van der Waals surface area contributed by atoms with Gasteiger partial charge in [0.25, 0.3) is 15.6 Å². The highest BCUT2D eigenvalue weighted by atomic mass is 32.2. The number of aromatic nitrogens is 2. The molecular formula is C7H9N3O5S. The Bertz CT molecular complexity index is 595. The molecule has 2 N–H and O–H groups in total. The SMILES string of the molecule is O=c1[nH]cc(S(=O)(=O)N2CCCO2)c(=O)[nH]1. The van der Waals surface area contributed by atoms with Gasteiger partial charge in [-0.2, -0.15) is 0 Å². The van der Waals surface area contributed by atoms with E-state index in [1.807, 2.05) is 4.98 Å². The van der Waals surface area contributed by atoms with E-state index in [4.69, 9.17) is 4.84 Å². The molecule has 0 bridgehead atoms. The minimum absolute atomic E-state index is 0.195. The lowest BCUT2D eigenvalue weighted by molar-refractivity contribution is -0.0285. The van der Waals surface area contributed by atoms with Gasteiger partial charge in [0.1, 0.15) is 0 Å². The van der Waals surface area contributed by atoms with Crippen molar-refractivity contribution >= 4 is 10.0 Å².